The molecule has 7 rings (SSSR count). The highest BCUT2D eigenvalue weighted by atomic mass is 32.2. The molecule has 12 heteroatoms. The fourth-order valence-corrected chi connectivity index (χ4v) is 9.62. The van der Waals surface area contributed by atoms with Gasteiger partial charge in [0.15, 0.2) is 0 Å². The molecule has 47 heavy (non-hydrogen) atoms. The quantitative estimate of drug-likeness (QED) is 0.201. The molecule has 0 atom stereocenters. The normalized spacial score (nSPS) is 21.3. The Bertz CT molecular complexity index is 2190. The first-order valence-electron chi connectivity index (χ1n) is 14.2. The van der Waals surface area contributed by atoms with Gasteiger partial charge in [-0.15, -0.1) is 0 Å². The van der Waals surface area contributed by atoms with Crippen LogP contribution in [0.15, 0.2) is 128 Å². The smallest absolute Gasteiger partial charge is 0.219 e. The second-order valence-corrected chi connectivity index (χ2v) is 15.6. The van der Waals surface area contributed by atoms with Crippen molar-refractivity contribution in [2.24, 2.45) is 0 Å². The predicted octanol–water partition coefficient (Wildman–Crippen LogP) is 8.97. The third-order valence-electron chi connectivity index (χ3n) is 8.97. The van der Waals surface area contributed by atoms with Gasteiger partial charge in [0, 0.05) is 33.4 Å². The van der Waals surface area contributed by atoms with Crippen molar-refractivity contribution in [3.63, 3.8) is 0 Å². The molecule has 0 radical (unpaired) electrons. The molecule has 0 spiro atoms. The number of rotatable bonds is 4. The number of sulfone groups is 2. The van der Waals surface area contributed by atoms with Crippen molar-refractivity contribution in [3.8, 4) is 22.3 Å². The van der Waals surface area contributed by atoms with Gasteiger partial charge in [-0.05, 0) is 48.2 Å². The van der Waals surface area contributed by atoms with Crippen LogP contribution in [-0.4, -0.2) is 34.6 Å². The first kappa shape index (κ1) is 31.2. The molecule has 4 nitrogen and oxygen atoms in total. The van der Waals surface area contributed by atoms with Crippen LogP contribution in [0.25, 0.3) is 33.4 Å². The van der Waals surface area contributed by atoms with Crippen molar-refractivity contribution in [2.75, 3.05) is 0 Å². The second kappa shape index (κ2) is 9.80. The van der Waals surface area contributed by atoms with E-state index in [4.69, 9.17) is 0 Å². The number of hydrogen-bond acceptors (Lipinski definition) is 4. The molecule has 4 aromatic carbocycles. The summed E-state index contributed by atoms with van der Waals surface area (Å²) in [6, 6.07) is 24.1. The third kappa shape index (κ3) is 4.00. The minimum Gasteiger partial charge on any atom is -0.219 e. The number of fused-ring (bicyclic) bond motifs is 2. The van der Waals surface area contributed by atoms with Gasteiger partial charge in [0.05, 0.1) is 19.6 Å². The highest BCUT2D eigenvalue weighted by molar-refractivity contribution is 7.96. The first-order valence-corrected chi connectivity index (χ1v) is 17.1. The van der Waals surface area contributed by atoms with E-state index in [2.05, 4.69) is 0 Å². The summed E-state index contributed by atoms with van der Waals surface area (Å²) < 4.78 is 149. The molecule has 240 valence electrons. The molecule has 2 heterocycles. The molecule has 0 N–H and O–H groups in total. The van der Waals surface area contributed by atoms with Gasteiger partial charge >= 0.3 is 17.8 Å². The zero-order valence-corrected chi connectivity index (χ0v) is 26.1. The molecule has 0 fully saturated rings. The van der Waals surface area contributed by atoms with Crippen molar-refractivity contribution < 1.29 is 43.2 Å². The van der Waals surface area contributed by atoms with E-state index in [-0.39, 0.29) is 0 Å². The second-order valence-electron chi connectivity index (χ2n) is 11.5. The van der Waals surface area contributed by atoms with Gasteiger partial charge in [0.2, 0.25) is 19.7 Å². The summed E-state index contributed by atoms with van der Waals surface area (Å²) >= 11 is 0. The van der Waals surface area contributed by atoms with Crippen molar-refractivity contribution in [1.82, 2.24) is 0 Å². The van der Waals surface area contributed by atoms with Gasteiger partial charge in [0.1, 0.15) is 0 Å². The first-order chi connectivity index (χ1) is 22.0. The van der Waals surface area contributed by atoms with E-state index in [1.807, 2.05) is 0 Å². The van der Waals surface area contributed by atoms with Gasteiger partial charge in [0.25, 0.3) is 0 Å². The Hall–Kier alpha value is -4.42. The maximum Gasteiger partial charge on any atom is 0.380 e. The number of alkyl halides is 6. The Balaban J connectivity index is 1.54. The monoisotopic (exact) mass is 684 g/mol. The number of hydrogen-bond donors (Lipinski definition) is 0. The largest absolute Gasteiger partial charge is 0.380 e. The van der Waals surface area contributed by atoms with Crippen LogP contribution < -0.4 is 0 Å². The lowest BCUT2D eigenvalue weighted by Crippen LogP contribution is -2.49. The van der Waals surface area contributed by atoms with Crippen molar-refractivity contribution in [2.45, 2.75) is 41.4 Å². The van der Waals surface area contributed by atoms with Crippen LogP contribution in [0.3, 0.4) is 0 Å². The standard InChI is InChI=1S/C35H22F6O4S2/c1-19-29(25-15-13-23(17-27(25)46(19,42)43)21-9-5-3-6-10-21)31-32(34(38,39)35(40,41)33(31,36)37)30-20(2)47(44,45)28-18-24(14-16-26(28)30)22-11-7-4-8-12-22/h3-18H,1-2H3. The fourth-order valence-electron chi connectivity index (χ4n) is 6.51. The average molecular weight is 685 g/mol. The lowest BCUT2D eigenvalue weighted by Gasteiger charge is -2.26. The Morgan fingerprint density at radius 1 is 0.468 bits per heavy atom. The Morgan fingerprint density at radius 2 is 0.809 bits per heavy atom. The number of halogens is 6. The van der Waals surface area contributed by atoms with Crippen LogP contribution in [0.1, 0.15) is 25.0 Å². The van der Waals surface area contributed by atoms with Gasteiger partial charge in [-0.3, -0.25) is 0 Å². The summed E-state index contributed by atoms with van der Waals surface area (Å²) in [6.45, 7) is 1.77. The van der Waals surface area contributed by atoms with Crippen molar-refractivity contribution >= 4 is 30.8 Å². The van der Waals surface area contributed by atoms with Crippen molar-refractivity contribution in [1.29, 1.82) is 0 Å². The predicted molar refractivity (Wildman–Crippen MR) is 165 cm³/mol. The van der Waals surface area contributed by atoms with Gasteiger partial charge in [-0.2, -0.15) is 26.3 Å². The molecule has 0 saturated carbocycles. The van der Waals surface area contributed by atoms with E-state index in [1.165, 1.54) is 24.3 Å². The van der Waals surface area contributed by atoms with Gasteiger partial charge in [-0.1, -0.05) is 84.9 Å². The molecule has 0 unspecified atom stereocenters. The molecule has 2 aliphatic heterocycles. The fraction of sp³-hybridized carbons (Fsp3) is 0.143. The SMILES string of the molecule is CC1=C(C2=C(C3=C(C)S(=O)(=O)c4cc(-c5ccccc5)ccc43)C(F)(F)C(F)(F)C2(F)F)c2ccc(-c3ccccc3)cc2S1(=O)=O. The summed E-state index contributed by atoms with van der Waals surface area (Å²) in [5.41, 5.74) is -4.99. The Kier molecular flexibility index (Phi) is 6.51. The van der Waals surface area contributed by atoms with E-state index < -0.39 is 90.5 Å². The van der Waals surface area contributed by atoms with E-state index in [9.17, 15) is 16.8 Å². The van der Waals surface area contributed by atoms with Crippen LogP contribution in [0.2, 0.25) is 0 Å². The lowest BCUT2D eigenvalue weighted by atomic mass is 9.87. The van der Waals surface area contributed by atoms with Crippen LogP contribution in [0.4, 0.5) is 26.3 Å². The summed E-state index contributed by atoms with van der Waals surface area (Å²) in [6.07, 6.45) is 0. The molecular weight excluding hydrogens is 663 g/mol. The molecule has 0 saturated heterocycles. The number of benzene rings is 4. The highest BCUT2D eigenvalue weighted by Crippen LogP contribution is 2.67. The Morgan fingerprint density at radius 3 is 1.15 bits per heavy atom. The van der Waals surface area contributed by atoms with Crippen molar-refractivity contribution in [3.05, 3.63) is 129 Å². The van der Waals surface area contributed by atoms with E-state index in [0.29, 0.717) is 22.3 Å². The molecule has 1 aliphatic carbocycles. The van der Waals surface area contributed by atoms with Crippen LogP contribution in [-0.2, 0) is 19.7 Å². The molecule has 4 aromatic rings. The zero-order chi connectivity index (χ0) is 33.9. The third-order valence-corrected chi connectivity index (χ3v) is 12.8. The van der Waals surface area contributed by atoms with Crippen LogP contribution >= 0.6 is 0 Å². The molecule has 0 aromatic heterocycles. The highest BCUT2D eigenvalue weighted by Gasteiger charge is 2.81. The maximum atomic E-state index is 16.0. The molecule has 3 aliphatic rings. The topological polar surface area (TPSA) is 68.3 Å². The van der Waals surface area contributed by atoms with E-state index in [1.54, 1.807) is 60.7 Å². The molecule has 0 bridgehead atoms. The average Bonchev–Trinajstić information content (AvgIpc) is 3.41. The lowest BCUT2D eigenvalue weighted by molar-refractivity contribution is -0.263. The van der Waals surface area contributed by atoms with E-state index in [0.717, 1.165) is 26.0 Å². The van der Waals surface area contributed by atoms with Crippen LogP contribution in [0, 0.1) is 0 Å². The Labute approximate surface area is 266 Å². The summed E-state index contributed by atoms with van der Waals surface area (Å²) in [7, 11) is -9.24. The molecule has 0 amide bonds. The maximum absolute atomic E-state index is 16.0. The summed E-state index contributed by atoms with van der Waals surface area (Å²) in [5, 5.41) is 0. The minimum atomic E-state index is -6.04. The summed E-state index contributed by atoms with van der Waals surface area (Å²) in [4.78, 5) is -2.72. The molecular formula is C35H22F6O4S2. The van der Waals surface area contributed by atoms with Gasteiger partial charge in [-0.25, -0.2) is 16.8 Å². The van der Waals surface area contributed by atoms with E-state index >= 15 is 26.3 Å². The number of allylic oxidation sites excluding steroid dienone is 6. The van der Waals surface area contributed by atoms with Gasteiger partial charge < -0.3 is 0 Å². The van der Waals surface area contributed by atoms with Crippen LogP contribution in [0.5, 0.6) is 0 Å². The minimum absolute atomic E-state index is 0.355. The zero-order valence-electron chi connectivity index (χ0n) is 24.5. The summed E-state index contributed by atoms with van der Waals surface area (Å²) in [5.74, 6) is -17.3.